The van der Waals surface area contributed by atoms with Crippen molar-refractivity contribution in [1.29, 1.82) is 0 Å². The summed E-state index contributed by atoms with van der Waals surface area (Å²) in [6, 6.07) is 2.08. The highest BCUT2D eigenvalue weighted by molar-refractivity contribution is 5.60. The third-order valence-electron chi connectivity index (χ3n) is 2.58. The van der Waals surface area contributed by atoms with Gasteiger partial charge >= 0.3 is 0 Å². The average molecular weight is 217 g/mol. The van der Waals surface area contributed by atoms with E-state index in [2.05, 4.69) is 27.9 Å². The molecule has 0 saturated heterocycles. The molecule has 0 radical (unpaired) electrons. The third kappa shape index (κ3) is 1.78. The minimum Gasteiger partial charge on any atom is -0.481 e. The predicted octanol–water partition coefficient (Wildman–Crippen LogP) is 2.35. The summed E-state index contributed by atoms with van der Waals surface area (Å²) in [4.78, 5) is 11.8. The maximum absolute atomic E-state index is 5.25. The lowest BCUT2D eigenvalue weighted by atomic mass is 10.1. The van der Waals surface area contributed by atoms with Crippen molar-refractivity contribution in [1.82, 2.24) is 15.0 Å². The highest BCUT2D eigenvalue weighted by Crippen LogP contribution is 2.25. The summed E-state index contributed by atoms with van der Waals surface area (Å²) in [6.07, 6.45) is 4.44. The van der Waals surface area contributed by atoms with Crippen LogP contribution in [-0.2, 0) is 6.42 Å². The molecule has 0 aliphatic heterocycles. The van der Waals surface area contributed by atoms with Gasteiger partial charge in [-0.25, -0.2) is 9.97 Å². The molecule has 0 aromatic carbocycles. The molecule has 4 nitrogen and oxygen atoms in total. The van der Waals surface area contributed by atoms with Crippen LogP contribution in [0.1, 0.15) is 18.2 Å². The van der Waals surface area contributed by atoms with Gasteiger partial charge in [-0.2, -0.15) is 0 Å². The summed E-state index contributed by atoms with van der Waals surface area (Å²) in [5.74, 6) is 1.55. The van der Waals surface area contributed by atoms with Gasteiger partial charge in [-0.1, -0.05) is 6.92 Å². The third-order valence-corrected chi connectivity index (χ3v) is 2.58. The van der Waals surface area contributed by atoms with Crippen LogP contribution >= 0.6 is 0 Å². The molecule has 16 heavy (non-hydrogen) atoms. The van der Waals surface area contributed by atoms with Crippen LogP contribution in [0.5, 0.6) is 5.88 Å². The number of hydrogen-bond donors (Lipinski definition) is 1. The van der Waals surface area contributed by atoms with Crippen LogP contribution in [0, 0.1) is 6.92 Å². The summed E-state index contributed by atoms with van der Waals surface area (Å²) in [5, 5.41) is 0. The van der Waals surface area contributed by atoms with Crippen LogP contribution in [0.4, 0.5) is 0 Å². The van der Waals surface area contributed by atoms with Crippen LogP contribution in [0.3, 0.4) is 0 Å². The molecule has 0 aliphatic carbocycles. The van der Waals surface area contributed by atoms with Crippen LogP contribution in [0.2, 0.25) is 0 Å². The lowest BCUT2D eigenvalue weighted by Crippen LogP contribution is -1.99. The highest BCUT2D eigenvalue weighted by Gasteiger charge is 2.11. The molecule has 0 unspecified atom stereocenters. The van der Waals surface area contributed by atoms with Crippen molar-refractivity contribution < 1.29 is 4.74 Å². The van der Waals surface area contributed by atoms with Gasteiger partial charge in [0.2, 0.25) is 5.88 Å². The number of nitrogens with one attached hydrogen (secondary N) is 1. The average Bonchev–Trinajstić information content (AvgIpc) is 2.82. The Morgan fingerprint density at radius 1 is 1.44 bits per heavy atom. The zero-order valence-electron chi connectivity index (χ0n) is 9.74. The van der Waals surface area contributed by atoms with Gasteiger partial charge in [0.1, 0.15) is 5.82 Å². The summed E-state index contributed by atoms with van der Waals surface area (Å²) in [6.45, 7) is 4.04. The number of hydrogen-bond acceptors (Lipinski definition) is 3. The lowest BCUT2D eigenvalue weighted by molar-refractivity contribution is 0.392. The van der Waals surface area contributed by atoms with Gasteiger partial charge < -0.3 is 9.72 Å². The first-order valence-corrected chi connectivity index (χ1v) is 5.30. The van der Waals surface area contributed by atoms with Gasteiger partial charge in [0.05, 0.1) is 12.8 Å². The number of nitrogens with zero attached hydrogens (tertiary/aromatic N) is 2. The summed E-state index contributed by atoms with van der Waals surface area (Å²) < 4.78 is 5.25. The molecule has 2 rings (SSSR count). The number of H-pyrrole nitrogens is 1. The van der Waals surface area contributed by atoms with E-state index in [0.717, 1.165) is 29.1 Å². The minimum absolute atomic E-state index is 0.704. The molecule has 0 atom stereocenters. The zero-order chi connectivity index (χ0) is 11.5. The molecule has 1 N–H and O–H groups in total. The SMILES string of the molecule is CCc1cc(-c2ncc[nH]2)c(C)nc1OC. The van der Waals surface area contributed by atoms with Crippen molar-refractivity contribution in [2.45, 2.75) is 20.3 Å². The molecule has 0 saturated carbocycles. The molecule has 84 valence electrons. The Labute approximate surface area is 94.7 Å². The number of pyridine rings is 1. The Bertz CT molecular complexity index is 477. The van der Waals surface area contributed by atoms with E-state index in [4.69, 9.17) is 4.74 Å². The second-order valence-corrected chi connectivity index (χ2v) is 3.58. The van der Waals surface area contributed by atoms with Crippen molar-refractivity contribution in [3.05, 3.63) is 29.7 Å². The Morgan fingerprint density at radius 3 is 2.81 bits per heavy atom. The molecule has 0 amide bonds. The molecule has 2 heterocycles. The van der Waals surface area contributed by atoms with Crippen molar-refractivity contribution >= 4 is 0 Å². The number of aromatic nitrogens is 3. The van der Waals surface area contributed by atoms with Crippen molar-refractivity contribution in [2.24, 2.45) is 0 Å². The number of aromatic amines is 1. The molecule has 4 heteroatoms. The fourth-order valence-corrected chi connectivity index (χ4v) is 1.71. The molecule has 2 aromatic heterocycles. The maximum atomic E-state index is 5.25. The van der Waals surface area contributed by atoms with Crippen LogP contribution in [0.25, 0.3) is 11.4 Å². The van der Waals surface area contributed by atoms with Crippen LogP contribution in [-0.4, -0.2) is 22.1 Å². The standard InChI is InChI=1S/C12H15N3O/c1-4-9-7-10(11-13-5-6-14-11)8(2)15-12(9)16-3/h5-7H,4H2,1-3H3,(H,13,14). The van der Waals surface area contributed by atoms with Gasteiger partial charge in [0.25, 0.3) is 0 Å². The molecule has 2 aromatic rings. The first-order valence-electron chi connectivity index (χ1n) is 5.30. The van der Waals surface area contributed by atoms with E-state index in [-0.39, 0.29) is 0 Å². The number of rotatable bonds is 3. The van der Waals surface area contributed by atoms with Crippen molar-refractivity contribution in [3.8, 4) is 17.3 Å². The maximum Gasteiger partial charge on any atom is 0.216 e. The minimum atomic E-state index is 0.704. The van der Waals surface area contributed by atoms with Gasteiger partial charge in [0, 0.05) is 23.5 Å². The second-order valence-electron chi connectivity index (χ2n) is 3.58. The van der Waals surface area contributed by atoms with E-state index in [0.29, 0.717) is 5.88 Å². The van der Waals surface area contributed by atoms with E-state index < -0.39 is 0 Å². The highest BCUT2D eigenvalue weighted by atomic mass is 16.5. The van der Waals surface area contributed by atoms with Crippen molar-refractivity contribution in [3.63, 3.8) is 0 Å². The molecule has 0 bridgehead atoms. The first kappa shape index (κ1) is 10.7. The number of methoxy groups -OCH3 is 1. The van der Waals surface area contributed by atoms with Gasteiger partial charge in [0.15, 0.2) is 0 Å². The van der Waals surface area contributed by atoms with Gasteiger partial charge in [-0.3, -0.25) is 0 Å². The largest absolute Gasteiger partial charge is 0.481 e. The molecule has 0 spiro atoms. The van der Waals surface area contributed by atoms with E-state index >= 15 is 0 Å². The summed E-state index contributed by atoms with van der Waals surface area (Å²) in [5.41, 5.74) is 3.05. The van der Waals surface area contributed by atoms with Gasteiger partial charge in [-0.15, -0.1) is 0 Å². The fraction of sp³-hybridized carbons (Fsp3) is 0.333. The lowest BCUT2D eigenvalue weighted by Gasteiger charge is -2.09. The Kier molecular flexibility index (Phi) is 2.90. The number of aryl methyl sites for hydroxylation is 2. The topological polar surface area (TPSA) is 50.8 Å². The monoisotopic (exact) mass is 217 g/mol. The number of imidazole rings is 1. The quantitative estimate of drug-likeness (QED) is 0.858. The van der Waals surface area contributed by atoms with E-state index in [1.165, 1.54) is 0 Å². The normalized spacial score (nSPS) is 10.4. The molecular formula is C12H15N3O. The first-order chi connectivity index (χ1) is 7.76. The van der Waals surface area contributed by atoms with Crippen LogP contribution in [0.15, 0.2) is 18.5 Å². The van der Waals surface area contributed by atoms with E-state index in [9.17, 15) is 0 Å². The second kappa shape index (κ2) is 4.35. The number of ether oxygens (including phenoxy) is 1. The summed E-state index contributed by atoms with van der Waals surface area (Å²) >= 11 is 0. The Hall–Kier alpha value is -1.84. The molecular weight excluding hydrogens is 202 g/mol. The Balaban J connectivity index is 2.55. The van der Waals surface area contributed by atoms with Crippen molar-refractivity contribution in [2.75, 3.05) is 7.11 Å². The smallest absolute Gasteiger partial charge is 0.216 e. The van der Waals surface area contributed by atoms with Crippen LogP contribution < -0.4 is 4.74 Å². The predicted molar refractivity (Wildman–Crippen MR) is 62.5 cm³/mol. The summed E-state index contributed by atoms with van der Waals surface area (Å²) in [7, 11) is 1.65. The van der Waals surface area contributed by atoms with E-state index in [1.54, 1.807) is 13.3 Å². The molecule has 0 aliphatic rings. The fourth-order valence-electron chi connectivity index (χ4n) is 1.71. The van der Waals surface area contributed by atoms with E-state index in [1.807, 2.05) is 13.1 Å². The Morgan fingerprint density at radius 2 is 2.25 bits per heavy atom. The van der Waals surface area contributed by atoms with Gasteiger partial charge in [-0.05, 0) is 19.4 Å². The molecule has 0 fully saturated rings. The zero-order valence-corrected chi connectivity index (χ0v) is 9.74.